The molecule has 0 saturated carbocycles. The van der Waals surface area contributed by atoms with Gasteiger partial charge in [0.15, 0.2) is 0 Å². The Kier molecular flexibility index (Phi) is 2.63. The minimum absolute atomic E-state index is 0.303. The molecule has 2 heterocycles. The monoisotopic (exact) mass is 262 g/mol. The zero-order valence-corrected chi connectivity index (χ0v) is 9.89. The van der Waals surface area contributed by atoms with Crippen molar-refractivity contribution in [2.75, 3.05) is 0 Å². The third kappa shape index (κ3) is 2.17. The lowest BCUT2D eigenvalue weighted by atomic mass is 10.4. The van der Waals surface area contributed by atoms with Crippen molar-refractivity contribution in [3.63, 3.8) is 0 Å². The average molecular weight is 263 g/mol. The van der Waals surface area contributed by atoms with Crippen molar-refractivity contribution in [2.24, 2.45) is 7.05 Å². The molecule has 0 N–H and O–H groups in total. The Morgan fingerprint density at radius 3 is 2.81 bits per heavy atom. The van der Waals surface area contributed by atoms with E-state index >= 15 is 0 Å². The highest BCUT2D eigenvalue weighted by Crippen LogP contribution is 2.20. The summed E-state index contributed by atoms with van der Waals surface area (Å²) in [5, 5.41) is 0. The van der Waals surface area contributed by atoms with Crippen molar-refractivity contribution in [2.45, 2.75) is 5.75 Å². The molecular weight excluding hydrogens is 255 g/mol. The van der Waals surface area contributed by atoms with Crippen LogP contribution in [0.3, 0.4) is 0 Å². The lowest BCUT2D eigenvalue weighted by molar-refractivity contribution is 0.607. The molecule has 2 aromatic heterocycles. The van der Waals surface area contributed by atoms with Gasteiger partial charge in [0.05, 0.1) is 17.2 Å². The molecule has 0 aliphatic heterocycles. The molecule has 0 saturated heterocycles. The van der Waals surface area contributed by atoms with Gasteiger partial charge in [-0.15, -0.1) is 0 Å². The Bertz CT molecular complexity index is 651. The lowest BCUT2D eigenvalue weighted by Crippen LogP contribution is -2.01. The van der Waals surface area contributed by atoms with Gasteiger partial charge in [0.2, 0.25) is 9.05 Å². The molecule has 0 aromatic carbocycles. The first-order chi connectivity index (χ1) is 7.37. The molecule has 7 heteroatoms. The van der Waals surface area contributed by atoms with Gasteiger partial charge in [0.25, 0.3) is 0 Å². The maximum atomic E-state index is 12.9. The summed E-state index contributed by atoms with van der Waals surface area (Å²) in [5.74, 6) is -0.766. The van der Waals surface area contributed by atoms with E-state index in [1.165, 1.54) is 6.07 Å². The van der Waals surface area contributed by atoms with Crippen molar-refractivity contribution in [3.05, 3.63) is 29.8 Å². The highest BCUT2D eigenvalue weighted by Gasteiger charge is 2.13. The summed E-state index contributed by atoms with van der Waals surface area (Å²) in [7, 11) is 3.18. The van der Waals surface area contributed by atoms with Crippen LogP contribution in [0.2, 0.25) is 0 Å². The quantitative estimate of drug-likeness (QED) is 0.775. The summed E-state index contributed by atoms with van der Waals surface area (Å²) in [5.41, 5.74) is 1.55. The van der Waals surface area contributed by atoms with Crippen molar-refractivity contribution < 1.29 is 12.8 Å². The van der Waals surface area contributed by atoms with Crippen molar-refractivity contribution in [3.8, 4) is 0 Å². The second-order valence-corrected chi connectivity index (χ2v) is 6.21. The number of hydrogen-bond acceptors (Lipinski definition) is 3. The van der Waals surface area contributed by atoms with Gasteiger partial charge >= 0.3 is 0 Å². The van der Waals surface area contributed by atoms with Crippen LogP contribution in [0.1, 0.15) is 5.69 Å². The first-order valence-electron chi connectivity index (χ1n) is 4.39. The molecule has 0 atom stereocenters. The predicted molar refractivity (Wildman–Crippen MR) is 59.1 cm³/mol. The van der Waals surface area contributed by atoms with Gasteiger partial charge in [-0.2, -0.15) is 0 Å². The molecule has 16 heavy (non-hydrogen) atoms. The molecular formula is C9H8ClFN2O2S. The molecule has 0 radical (unpaired) electrons. The summed E-state index contributed by atoms with van der Waals surface area (Å²) in [4.78, 5) is 3.86. The van der Waals surface area contributed by atoms with Gasteiger partial charge in [-0.05, 0) is 6.07 Å². The molecule has 2 aromatic rings. The predicted octanol–water partition coefficient (Wildman–Crippen LogP) is 1.78. The van der Waals surface area contributed by atoms with Crippen LogP contribution in [-0.4, -0.2) is 18.0 Å². The first-order valence-corrected chi connectivity index (χ1v) is 6.87. The number of pyridine rings is 1. The largest absolute Gasteiger partial charge is 0.345 e. The van der Waals surface area contributed by atoms with E-state index in [9.17, 15) is 12.8 Å². The Balaban J connectivity index is 2.61. The van der Waals surface area contributed by atoms with Gasteiger partial charge in [-0.25, -0.2) is 12.8 Å². The van der Waals surface area contributed by atoms with E-state index < -0.39 is 14.9 Å². The van der Waals surface area contributed by atoms with E-state index in [-0.39, 0.29) is 5.75 Å². The number of nitrogens with zero attached hydrogens (tertiary/aromatic N) is 2. The van der Waals surface area contributed by atoms with Crippen LogP contribution in [0, 0.1) is 5.82 Å². The van der Waals surface area contributed by atoms with E-state index in [0.29, 0.717) is 16.7 Å². The molecule has 4 nitrogen and oxygen atoms in total. The Morgan fingerprint density at radius 1 is 1.50 bits per heavy atom. The molecule has 0 bridgehead atoms. The van der Waals surface area contributed by atoms with Crippen LogP contribution in [-0.2, 0) is 21.9 Å². The third-order valence-corrected chi connectivity index (χ3v) is 3.25. The van der Waals surface area contributed by atoms with Crippen LogP contribution < -0.4 is 0 Å². The van der Waals surface area contributed by atoms with Gasteiger partial charge in [0.1, 0.15) is 11.6 Å². The number of aryl methyl sites for hydroxylation is 1. The zero-order chi connectivity index (χ0) is 11.9. The average Bonchev–Trinajstić information content (AvgIpc) is 2.42. The third-order valence-electron chi connectivity index (χ3n) is 2.28. The first kappa shape index (κ1) is 11.3. The highest BCUT2D eigenvalue weighted by atomic mass is 35.7. The summed E-state index contributed by atoms with van der Waals surface area (Å²) >= 11 is 0. The minimum atomic E-state index is -3.63. The van der Waals surface area contributed by atoms with Crippen molar-refractivity contribution >= 4 is 30.8 Å². The molecule has 0 amide bonds. The fourth-order valence-corrected chi connectivity index (χ4v) is 2.51. The Morgan fingerprint density at radius 2 is 2.19 bits per heavy atom. The van der Waals surface area contributed by atoms with E-state index in [0.717, 1.165) is 6.20 Å². The van der Waals surface area contributed by atoms with Gasteiger partial charge in [-0.1, -0.05) is 0 Å². The lowest BCUT2D eigenvalue weighted by Gasteiger charge is -2.01. The van der Waals surface area contributed by atoms with Gasteiger partial charge in [-0.3, -0.25) is 4.98 Å². The molecule has 86 valence electrons. The maximum Gasteiger partial charge on any atom is 0.238 e. The molecule has 0 spiro atoms. The normalized spacial score (nSPS) is 12.2. The number of hydrogen-bond donors (Lipinski definition) is 0. The SMILES string of the molecule is Cn1c(CS(=O)(=O)Cl)cc2ncc(F)cc21. The highest BCUT2D eigenvalue weighted by molar-refractivity contribution is 8.13. The summed E-state index contributed by atoms with van der Waals surface area (Å²) < 4.78 is 36.4. The summed E-state index contributed by atoms with van der Waals surface area (Å²) in [6.07, 6.45) is 1.08. The Hall–Kier alpha value is -1.14. The van der Waals surface area contributed by atoms with Crippen LogP contribution >= 0.6 is 10.7 Å². The summed E-state index contributed by atoms with van der Waals surface area (Å²) in [6.45, 7) is 0. The minimum Gasteiger partial charge on any atom is -0.345 e. The second kappa shape index (κ2) is 3.71. The van der Waals surface area contributed by atoms with Crippen molar-refractivity contribution in [1.82, 2.24) is 9.55 Å². The standard InChI is InChI=1S/C9H8ClFN2O2S/c1-13-7(5-16(10,14)15)3-8-9(13)2-6(11)4-12-8/h2-4H,5H2,1H3. The van der Waals surface area contributed by atoms with Crippen LogP contribution in [0.4, 0.5) is 4.39 Å². The second-order valence-electron chi connectivity index (χ2n) is 3.44. The number of fused-ring (bicyclic) bond motifs is 1. The molecule has 0 aliphatic carbocycles. The van der Waals surface area contributed by atoms with Crippen LogP contribution in [0.25, 0.3) is 11.0 Å². The number of aromatic nitrogens is 2. The van der Waals surface area contributed by atoms with E-state index in [4.69, 9.17) is 10.7 Å². The van der Waals surface area contributed by atoms with E-state index in [2.05, 4.69) is 4.98 Å². The van der Waals surface area contributed by atoms with E-state index in [1.54, 1.807) is 17.7 Å². The fraction of sp³-hybridized carbons (Fsp3) is 0.222. The van der Waals surface area contributed by atoms with E-state index in [1.807, 2.05) is 0 Å². The van der Waals surface area contributed by atoms with Crippen molar-refractivity contribution in [1.29, 1.82) is 0 Å². The molecule has 0 fully saturated rings. The maximum absolute atomic E-state index is 12.9. The molecule has 0 unspecified atom stereocenters. The fourth-order valence-electron chi connectivity index (χ4n) is 1.54. The van der Waals surface area contributed by atoms with Gasteiger partial charge < -0.3 is 4.57 Å². The smallest absolute Gasteiger partial charge is 0.238 e. The van der Waals surface area contributed by atoms with Gasteiger partial charge in [0, 0.05) is 29.5 Å². The number of rotatable bonds is 2. The summed E-state index contributed by atoms with van der Waals surface area (Å²) in [6, 6.07) is 2.88. The topological polar surface area (TPSA) is 52.0 Å². The number of halogens is 2. The van der Waals surface area contributed by atoms with Crippen LogP contribution in [0.15, 0.2) is 18.3 Å². The zero-order valence-electron chi connectivity index (χ0n) is 8.31. The molecule has 2 rings (SSSR count). The van der Waals surface area contributed by atoms with Crippen LogP contribution in [0.5, 0.6) is 0 Å². The Labute approximate surface area is 96.1 Å². The molecule has 0 aliphatic rings.